The van der Waals surface area contributed by atoms with E-state index in [1.54, 1.807) is 0 Å². The number of aliphatic hydroxyl groups excluding tert-OH is 1. The first-order chi connectivity index (χ1) is 13.5. The standard InChI is InChI=1S/C21H37N5O2/c1-16-19(17(2)23-22-16)6-7-21(28)26-9-8-20(18(15-26)5-4-14-27)25-12-10-24(3)11-13-25/h18,20,27H,4-15H2,1-3H3,(H,22,23)/t18-,20+/m1/s1. The molecule has 2 aliphatic heterocycles. The molecule has 3 heterocycles. The topological polar surface area (TPSA) is 75.7 Å². The number of nitrogens with one attached hydrogen (secondary N) is 1. The van der Waals surface area contributed by atoms with Crippen LogP contribution in [0.15, 0.2) is 0 Å². The Kier molecular flexibility index (Phi) is 7.48. The van der Waals surface area contributed by atoms with Crippen LogP contribution in [0.4, 0.5) is 0 Å². The molecule has 0 aliphatic carbocycles. The zero-order valence-corrected chi connectivity index (χ0v) is 17.8. The fourth-order valence-corrected chi connectivity index (χ4v) is 4.85. The highest BCUT2D eigenvalue weighted by atomic mass is 16.3. The monoisotopic (exact) mass is 391 g/mol. The van der Waals surface area contributed by atoms with Crippen LogP contribution in [0.2, 0.25) is 0 Å². The highest BCUT2D eigenvalue weighted by molar-refractivity contribution is 5.76. The second-order valence-electron chi connectivity index (χ2n) is 8.57. The van der Waals surface area contributed by atoms with Gasteiger partial charge in [0.1, 0.15) is 0 Å². The van der Waals surface area contributed by atoms with Gasteiger partial charge in [0.25, 0.3) is 0 Å². The third-order valence-electron chi connectivity index (χ3n) is 6.66. The molecule has 2 saturated heterocycles. The van der Waals surface area contributed by atoms with Gasteiger partial charge in [0.2, 0.25) is 5.91 Å². The first-order valence-corrected chi connectivity index (χ1v) is 10.8. The summed E-state index contributed by atoms with van der Waals surface area (Å²) in [5.74, 6) is 0.719. The highest BCUT2D eigenvalue weighted by Crippen LogP contribution is 2.27. The maximum Gasteiger partial charge on any atom is 0.222 e. The van der Waals surface area contributed by atoms with Crippen molar-refractivity contribution in [3.63, 3.8) is 0 Å². The molecule has 0 unspecified atom stereocenters. The highest BCUT2D eigenvalue weighted by Gasteiger charge is 2.35. The maximum absolute atomic E-state index is 12.9. The Morgan fingerprint density at radius 1 is 1.21 bits per heavy atom. The van der Waals surface area contributed by atoms with Crippen molar-refractivity contribution in [1.29, 1.82) is 0 Å². The second kappa shape index (κ2) is 9.85. The van der Waals surface area contributed by atoms with Gasteiger partial charge in [0.15, 0.2) is 0 Å². The minimum Gasteiger partial charge on any atom is -0.396 e. The number of amides is 1. The van der Waals surface area contributed by atoms with E-state index in [0.717, 1.165) is 76.3 Å². The Bertz CT molecular complexity index is 619. The number of aryl methyl sites for hydroxylation is 2. The summed E-state index contributed by atoms with van der Waals surface area (Å²) in [6, 6.07) is 0.544. The molecule has 2 fully saturated rings. The number of likely N-dealkylation sites (N-methyl/N-ethyl adjacent to an activating group) is 1. The van der Waals surface area contributed by atoms with Crippen molar-refractivity contribution >= 4 is 5.91 Å². The van der Waals surface area contributed by atoms with Crippen LogP contribution in [0.3, 0.4) is 0 Å². The Labute approximate surface area is 169 Å². The number of hydrogen-bond acceptors (Lipinski definition) is 5. The summed E-state index contributed by atoms with van der Waals surface area (Å²) in [7, 11) is 2.19. The van der Waals surface area contributed by atoms with Crippen LogP contribution in [-0.4, -0.2) is 94.9 Å². The third kappa shape index (κ3) is 5.13. The van der Waals surface area contributed by atoms with Gasteiger partial charge in [-0.05, 0) is 58.1 Å². The van der Waals surface area contributed by atoms with Crippen LogP contribution >= 0.6 is 0 Å². The molecule has 3 rings (SSSR count). The number of carbonyl (C=O) groups excluding carboxylic acids is 1. The fourth-order valence-electron chi connectivity index (χ4n) is 4.85. The van der Waals surface area contributed by atoms with Gasteiger partial charge < -0.3 is 14.9 Å². The molecule has 0 aromatic carbocycles. The van der Waals surface area contributed by atoms with E-state index in [1.807, 2.05) is 13.8 Å². The van der Waals surface area contributed by atoms with E-state index in [0.29, 0.717) is 18.4 Å². The van der Waals surface area contributed by atoms with Crippen LogP contribution in [0.1, 0.15) is 42.6 Å². The normalized spacial score (nSPS) is 24.6. The molecule has 2 N–H and O–H groups in total. The van der Waals surface area contributed by atoms with Crippen LogP contribution < -0.4 is 0 Å². The lowest BCUT2D eigenvalue weighted by Gasteiger charge is -2.46. The SMILES string of the molecule is Cc1n[nH]c(C)c1CCC(=O)N1CC[C@H](N2CCN(C)CC2)[C@H](CCCO)C1. The van der Waals surface area contributed by atoms with Gasteiger partial charge in [-0.2, -0.15) is 5.10 Å². The van der Waals surface area contributed by atoms with E-state index in [4.69, 9.17) is 0 Å². The molecule has 0 radical (unpaired) electrons. The molecule has 1 aromatic heterocycles. The first-order valence-electron chi connectivity index (χ1n) is 10.8. The molecule has 28 heavy (non-hydrogen) atoms. The Morgan fingerprint density at radius 3 is 2.61 bits per heavy atom. The van der Waals surface area contributed by atoms with Crippen molar-refractivity contribution in [1.82, 2.24) is 24.9 Å². The smallest absolute Gasteiger partial charge is 0.222 e. The molecule has 7 nitrogen and oxygen atoms in total. The molecule has 7 heteroatoms. The molecule has 0 spiro atoms. The average molecular weight is 392 g/mol. The van der Waals surface area contributed by atoms with Crippen LogP contribution in [0.25, 0.3) is 0 Å². The minimum absolute atomic E-state index is 0.235. The summed E-state index contributed by atoms with van der Waals surface area (Å²) >= 11 is 0. The Hall–Kier alpha value is -1.44. The number of piperazine rings is 1. The predicted octanol–water partition coefficient (Wildman–Crippen LogP) is 1.20. The quantitative estimate of drug-likeness (QED) is 0.730. The summed E-state index contributed by atoms with van der Waals surface area (Å²) < 4.78 is 0. The lowest BCUT2D eigenvalue weighted by Crippen LogP contribution is -2.57. The molecular formula is C21H37N5O2. The van der Waals surface area contributed by atoms with Crippen LogP contribution in [0, 0.1) is 19.8 Å². The molecule has 0 bridgehead atoms. The first kappa shape index (κ1) is 21.3. The number of likely N-dealkylation sites (tertiary alicyclic amines) is 1. The van der Waals surface area contributed by atoms with Crippen molar-refractivity contribution in [2.75, 3.05) is 52.9 Å². The molecule has 1 aromatic rings. The van der Waals surface area contributed by atoms with E-state index in [-0.39, 0.29) is 12.5 Å². The van der Waals surface area contributed by atoms with Gasteiger partial charge in [0, 0.05) is 64.0 Å². The van der Waals surface area contributed by atoms with Crippen molar-refractivity contribution in [3.8, 4) is 0 Å². The largest absolute Gasteiger partial charge is 0.396 e. The summed E-state index contributed by atoms with van der Waals surface area (Å²) in [5.41, 5.74) is 3.25. The van der Waals surface area contributed by atoms with Gasteiger partial charge in [-0.25, -0.2) is 0 Å². The number of hydrogen-bond donors (Lipinski definition) is 2. The van der Waals surface area contributed by atoms with Crippen molar-refractivity contribution in [2.24, 2.45) is 5.92 Å². The lowest BCUT2D eigenvalue weighted by molar-refractivity contribution is -0.134. The van der Waals surface area contributed by atoms with E-state index in [1.165, 1.54) is 5.56 Å². The summed E-state index contributed by atoms with van der Waals surface area (Å²) in [6.07, 6.45) is 4.18. The lowest BCUT2D eigenvalue weighted by atomic mass is 9.86. The molecule has 2 atom stereocenters. The third-order valence-corrected chi connectivity index (χ3v) is 6.66. The molecule has 1 amide bonds. The fraction of sp³-hybridized carbons (Fsp3) is 0.810. The minimum atomic E-state index is 0.235. The zero-order chi connectivity index (χ0) is 20.1. The number of nitrogens with zero attached hydrogens (tertiary/aromatic N) is 4. The van der Waals surface area contributed by atoms with Gasteiger partial charge >= 0.3 is 0 Å². The number of piperidine rings is 1. The number of aliphatic hydroxyl groups is 1. The van der Waals surface area contributed by atoms with Crippen molar-refractivity contribution in [2.45, 2.75) is 52.0 Å². The zero-order valence-electron chi connectivity index (χ0n) is 17.8. The number of H-pyrrole nitrogens is 1. The van der Waals surface area contributed by atoms with Gasteiger partial charge in [-0.15, -0.1) is 0 Å². The van der Waals surface area contributed by atoms with Crippen LogP contribution in [-0.2, 0) is 11.2 Å². The van der Waals surface area contributed by atoms with E-state index < -0.39 is 0 Å². The van der Waals surface area contributed by atoms with Crippen molar-refractivity contribution < 1.29 is 9.90 Å². The average Bonchev–Trinajstić information content (AvgIpc) is 3.02. The number of aromatic amines is 1. The summed E-state index contributed by atoms with van der Waals surface area (Å²) in [5, 5.41) is 16.6. The van der Waals surface area contributed by atoms with Crippen LogP contribution in [0.5, 0.6) is 0 Å². The van der Waals surface area contributed by atoms with E-state index in [2.05, 4.69) is 31.9 Å². The number of rotatable bonds is 7. The molecule has 0 saturated carbocycles. The second-order valence-corrected chi connectivity index (χ2v) is 8.57. The summed E-state index contributed by atoms with van der Waals surface area (Å²) in [4.78, 5) is 20.0. The molecule has 2 aliphatic rings. The van der Waals surface area contributed by atoms with E-state index in [9.17, 15) is 9.90 Å². The molecular weight excluding hydrogens is 354 g/mol. The predicted molar refractivity (Wildman–Crippen MR) is 110 cm³/mol. The van der Waals surface area contributed by atoms with Gasteiger partial charge in [-0.1, -0.05) is 0 Å². The van der Waals surface area contributed by atoms with Crippen molar-refractivity contribution in [3.05, 3.63) is 17.0 Å². The Morgan fingerprint density at radius 2 is 1.96 bits per heavy atom. The number of aromatic nitrogens is 2. The van der Waals surface area contributed by atoms with E-state index >= 15 is 0 Å². The van der Waals surface area contributed by atoms with Gasteiger partial charge in [-0.3, -0.25) is 14.8 Å². The Balaban J connectivity index is 1.57. The van der Waals surface area contributed by atoms with Gasteiger partial charge in [0.05, 0.1) is 5.69 Å². The molecule has 158 valence electrons. The maximum atomic E-state index is 12.9. The number of carbonyl (C=O) groups is 1. The summed E-state index contributed by atoms with van der Waals surface area (Å²) in [6.45, 7) is 10.4.